The molecule has 0 aliphatic heterocycles. The summed E-state index contributed by atoms with van der Waals surface area (Å²) in [7, 11) is 0. The van der Waals surface area contributed by atoms with Gasteiger partial charge < -0.3 is 10.1 Å². The molecule has 0 aliphatic carbocycles. The fourth-order valence-corrected chi connectivity index (χ4v) is 1.93. The first kappa shape index (κ1) is 16.9. The molecule has 1 amide bonds. The quantitative estimate of drug-likeness (QED) is 0.675. The fourth-order valence-electron chi connectivity index (χ4n) is 1.76. The number of halogens is 2. The zero-order valence-electron chi connectivity index (χ0n) is 12.3. The summed E-state index contributed by atoms with van der Waals surface area (Å²) in [5.41, 5.74) is 1.35. The van der Waals surface area contributed by atoms with Crippen molar-refractivity contribution in [1.82, 2.24) is 5.32 Å². The van der Waals surface area contributed by atoms with E-state index in [-0.39, 0.29) is 11.6 Å². The molecule has 2 aromatic carbocycles. The Balaban J connectivity index is 1.70. The Labute approximate surface area is 139 Å². The molecule has 0 heterocycles. The molecule has 1 N–H and O–H groups in total. The van der Waals surface area contributed by atoms with E-state index in [4.69, 9.17) is 16.3 Å². The monoisotopic (exact) mass is 331 g/mol. The summed E-state index contributed by atoms with van der Waals surface area (Å²) in [6.45, 7) is 0.560. The van der Waals surface area contributed by atoms with Crippen molar-refractivity contribution >= 4 is 17.7 Å². The highest BCUT2D eigenvalue weighted by atomic mass is 35.5. The Kier molecular flexibility index (Phi) is 6.46. The van der Waals surface area contributed by atoms with Crippen LogP contribution in [-0.2, 0) is 11.3 Å². The van der Waals surface area contributed by atoms with E-state index >= 15 is 0 Å². The third-order valence-corrected chi connectivity index (χ3v) is 3.29. The molecule has 0 aromatic heterocycles. The minimum atomic E-state index is -0.501. The third-order valence-electron chi connectivity index (χ3n) is 2.91. The van der Waals surface area contributed by atoms with Crippen molar-refractivity contribution in [3.05, 3.63) is 70.5 Å². The molecule has 5 heteroatoms. The summed E-state index contributed by atoms with van der Waals surface area (Å²) >= 11 is 5.79. The van der Waals surface area contributed by atoms with Gasteiger partial charge in [-0.15, -0.1) is 0 Å². The third kappa shape index (κ3) is 5.65. The maximum absolute atomic E-state index is 13.2. The van der Waals surface area contributed by atoms with Crippen molar-refractivity contribution in [2.75, 3.05) is 6.54 Å². The van der Waals surface area contributed by atoms with Crippen molar-refractivity contribution in [1.29, 1.82) is 0 Å². The predicted octanol–water partition coefficient (Wildman–Crippen LogP) is 4.15. The maximum Gasteiger partial charge on any atom is 0.407 e. The van der Waals surface area contributed by atoms with Crippen molar-refractivity contribution in [2.45, 2.75) is 13.0 Å². The van der Waals surface area contributed by atoms with Crippen LogP contribution in [-0.4, -0.2) is 12.6 Å². The molecule has 0 bridgehead atoms. The SMILES string of the molecule is O=C(NCCC#Cc1cccc(F)c1Cl)OCc1ccccc1. The Hall–Kier alpha value is -2.51. The number of ether oxygens (including phenoxy) is 1. The largest absolute Gasteiger partial charge is 0.445 e. The van der Waals surface area contributed by atoms with Crippen LogP contribution in [0.15, 0.2) is 48.5 Å². The first-order valence-electron chi connectivity index (χ1n) is 7.04. The molecule has 0 saturated carbocycles. The maximum atomic E-state index is 13.2. The first-order valence-corrected chi connectivity index (χ1v) is 7.42. The minimum Gasteiger partial charge on any atom is -0.445 e. The van der Waals surface area contributed by atoms with Crippen LogP contribution in [0.25, 0.3) is 0 Å². The Morgan fingerprint density at radius 1 is 1.17 bits per heavy atom. The van der Waals surface area contributed by atoms with Crippen LogP contribution in [0.2, 0.25) is 5.02 Å². The van der Waals surface area contributed by atoms with Crippen molar-refractivity contribution in [2.24, 2.45) is 0 Å². The number of benzene rings is 2. The van der Waals surface area contributed by atoms with E-state index in [0.29, 0.717) is 18.5 Å². The summed E-state index contributed by atoms with van der Waals surface area (Å²) in [4.78, 5) is 11.5. The van der Waals surface area contributed by atoms with Crippen LogP contribution in [0.3, 0.4) is 0 Å². The molecule has 118 valence electrons. The van der Waals surface area contributed by atoms with Gasteiger partial charge in [0.05, 0.1) is 5.02 Å². The lowest BCUT2D eigenvalue weighted by atomic mass is 10.2. The van der Waals surface area contributed by atoms with E-state index in [1.54, 1.807) is 12.1 Å². The molecule has 23 heavy (non-hydrogen) atoms. The van der Waals surface area contributed by atoms with Gasteiger partial charge in [-0.25, -0.2) is 9.18 Å². The van der Waals surface area contributed by atoms with Gasteiger partial charge in [-0.2, -0.15) is 0 Å². The van der Waals surface area contributed by atoms with Crippen molar-refractivity contribution < 1.29 is 13.9 Å². The van der Waals surface area contributed by atoms with E-state index in [2.05, 4.69) is 17.2 Å². The van der Waals surface area contributed by atoms with Gasteiger partial charge in [-0.1, -0.05) is 59.8 Å². The van der Waals surface area contributed by atoms with Crippen LogP contribution >= 0.6 is 11.6 Å². The standard InChI is InChI=1S/C18H15ClFNO2/c19-17-15(10-6-11-16(17)20)9-4-5-12-21-18(22)23-13-14-7-2-1-3-8-14/h1-3,6-8,10-11H,5,12-13H2,(H,21,22). The molecule has 2 rings (SSSR count). The number of amides is 1. The molecule has 3 nitrogen and oxygen atoms in total. The molecule has 2 aromatic rings. The smallest absolute Gasteiger partial charge is 0.407 e. The second-order valence-electron chi connectivity index (χ2n) is 4.64. The van der Waals surface area contributed by atoms with E-state index in [1.807, 2.05) is 30.3 Å². The zero-order valence-corrected chi connectivity index (χ0v) is 13.1. The average molecular weight is 332 g/mol. The fraction of sp³-hybridized carbons (Fsp3) is 0.167. The number of carbonyl (C=O) groups excluding carboxylic acids is 1. The van der Waals surface area contributed by atoms with Gasteiger partial charge in [0, 0.05) is 18.5 Å². The summed E-state index contributed by atoms with van der Waals surface area (Å²) in [6.07, 6.45) is -0.0905. The lowest BCUT2D eigenvalue weighted by molar-refractivity contribution is 0.140. The van der Waals surface area contributed by atoms with Crippen LogP contribution in [0.1, 0.15) is 17.5 Å². The zero-order chi connectivity index (χ0) is 16.5. The number of rotatable bonds is 4. The van der Waals surface area contributed by atoms with E-state index in [9.17, 15) is 9.18 Å². The van der Waals surface area contributed by atoms with Crippen LogP contribution < -0.4 is 5.32 Å². The van der Waals surface area contributed by atoms with Gasteiger partial charge in [-0.05, 0) is 17.7 Å². The topological polar surface area (TPSA) is 38.3 Å². The highest BCUT2D eigenvalue weighted by Gasteiger charge is 2.03. The van der Waals surface area contributed by atoms with Crippen molar-refractivity contribution in [3.63, 3.8) is 0 Å². The van der Waals surface area contributed by atoms with E-state index in [0.717, 1.165) is 5.56 Å². The normalized spacial score (nSPS) is 9.65. The number of hydrogen-bond acceptors (Lipinski definition) is 2. The summed E-state index contributed by atoms with van der Waals surface area (Å²) < 4.78 is 18.3. The van der Waals surface area contributed by atoms with Crippen LogP contribution in [0.4, 0.5) is 9.18 Å². The van der Waals surface area contributed by atoms with E-state index < -0.39 is 11.9 Å². The predicted molar refractivity (Wildman–Crippen MR) is 87.5 cm³/mol. The van der Waals surface area contributed by atoms with Crippen LogP contribution in [0.5, 0.6) is 0 Å². The number of nitrogens with one attached hydrogen (secondary N) is 1. The van der Waals surface area contributed by atoms with Crippen LogP contribution in [0, 0.1) is 17.7 Å². The lowest BCUT2D eigenvalue weighted by Gasteiger charge is -2.05. The Morgan fingerprint density at radius 2 is 1.96 bits per heavy atom. The summed E-state index contributed by atoms with van der Waals surface area (Å²) in [5, 5.41) is 2.60. The molecule has 0 saturated heterocycles. The molecule has 0 fully saturated rings. The van der Waals surface area contributed by atoms with Gasteiger partial charge in [0.25, 0.3) is 0 Å². The summed E-state index contributed by atoms with van der Waals surface area (Å²) in [6, 6.07) is 13.9. The number of carbonyl (C=O) groups is 1. The molecule has 0 radical (unpaired) electrons. The molecular weight excluding hydrogens is 317 g/mol. The average Bonchev–Trinajstić information content (AvgIpc) is 2.57. The first-order chi connectivity index (χ1) is 11.2. The second kappa shape index (κ2) is 8.82. The molecule has 0 spiro atoms. The van der Waals surface area contributed by atoms with Crippen molar-refractivity contribution in [3.8, 4) is 11.8 Å². The van der Waals surface area contributed by atoms with Gasteiger partial charge in [0.1, 0.15) is 12.4 Å². The lowest BCUT2D eigenvalue weighted by Crippen LogP contribution is -2.24. The molecule has 0 atom stereocenters. The Morgan fingerprint density at radius 3 is 2.74 bits per heavy atom. The minimum absolute atomic E-state index is 0.00947. The second-order valence-corrected chi connectivity index (χ2v) is 5.02. The van der Waals surface area contributed by atoms with Gasteiger partial charge in [-0.3, -0.25) is 0 Å². The number of hydrogen-bond donors (Lipinski definition) is 1. The van der Waals surface area contributed by atoms with Gasteiger partial charge in [0.15, 0.2) is 0 Å². The molecule has 0 aliphatic rings. The Bertz CT molecular complexity index is 723. The molecular formula is C18H15ClFNO2. The van der Waals surface area contributed by atoms with Gasteiger partial charge >= 0.3 is 6.09 Å². The van der Waals surface area contributed by atoms with Gasteiger partial charge in [0.2, 0.25) is 0 Å². The number of alkyl carbamates (subject to hydrolysis) is 1. The summed E-state index contributed by atoms with van der Waals surface area (Å²) in [5.74, 6) is 5.10. The molecule has 0 unspecified atom stereocenters. The highest BCUT2D eigenvalue weighted by Crippen LogP contribution is 2.18. The highest BCUT2D eigenvalue weighted by molar-refractivity contribution is 6.31. The van der Waals surface area contributed by atoms with E-state index in [1.165, 1.54) is 6.07 Å².